The normalized spacial score (nSPS) is 21.5. The Balaban J connectivity index is 2.54. The van der Waals surface area contributed by atoms with Gasteiger partial charge in [0.2, 0.25) is 0 Å². The first-order valence-corrected chi connectivity index (χ1v) is 3.14. The standard InChI is InChI=1S/C7H8N2O2/c1-3-5-4-6(9-8-5)7(10)11-2/h1,5,8H,4H2,2H3. The van der Waals surface area contributed by atoms with E-state index in [0.29, 0.717) is 12.1 Å². The fraction of sp³-hybridized carbons (Fsp3) is 0.429. The van der Waals surface area contributed by atoms with Crippen molar-refractivity contribution in [1.29, 1.82) is 0 Å². The molecule has 58 valence electrons. The molecule has 4 heteroatoms. The summed E-state index contributed by atoms with van der Waals surface area (Å²) < 4.78 is 4.45. The molecule has 0 aliphatic carbocycles. The van der Waals surface area contributed by atoms with Crippen LogP contribution in [0.1, 0.15) is 6.42 Å². The van der Waals surface area contributed by atoms with Crippen molar-refractivity contribution in [3.8, 4) is 12.3 Å². The lowest BCUT2D eigenvalue weighted by atomic mass is 10.2. The summed E-state index contributed by atoms with van der Waals surface area (Å²) in [6, 6.07) is -0.163. The number of carbonyl (C=O) groups excluding carboxylic acids is 1. The van der Waals surface area contributed by atoms with Crippen molar-refractivity contribution >= 4 is 11.7 Å². The van der Waals surface area contributed by atoms with Crippen molar-refractivity contribution in [3.63, 3.8) is 0 Å². The number of nitrogens with one attached hydrogen (secondary N) is 1. The van der Waals surface area contributed by atoms with Crippen LogP contribution in [0.2, 0.25) is 0 Å². The number of nitrogens with zero attached hydrogens (tertiary/aromatic N) is 1. The van der Waals surface area contributed by atoms with E-state index in [9.17, 15) is 4.79 Å². The fourth-order valence-corrected chi connectivity index (χ4v) is 0.783. The number of esters is 1. The second kappa shape index (κ2) is 3.06. The molecule has 1 aliphatic heterocycles. The molecule has 0 fully saturated rings. The number of hydrogen-bond donors (Lipinski definition) is 1. The molecule has 1 heterocycles. The first-order valence-electron chi connectivity index (χ1n) is 3.14. The lowest BCUT2D eigenvalue weighted by molar-refractivity contribution is -0.132. The summed E-state index contributed by atoms with van der Waals surface area (Å²) in [5.41, 5.74) is 2.98. The van der Waals surface area contributed by atoms with Crippen LogP contribution in [0.15, 0.2) is 5.10 Å². The molecule has 4 nitrogen and oxygen atoms in total. The van der Waals surface area contributed by atoms with Gasteiger partial charge in [0.05, 0.1) is 7.11 Å². The van der Waals surface area contributed by atoms with Crippen LogP contribution in [-0.2, 0) is 9.53 Å². The van der Waals surface area contributed by atoms with E-state index in [-0.39, 0.29) is 6.04 Å². The SMILES string of the molecule is C#CC1CC(C(=O)OC)=NN1. The van der Waals surface area contributed by atoms with Crippen molar-refractivity contribution < 1.29 is 9.53 Å². The van der Waals surface area contributed by atoms with Crippen molar-refractivity contribution in [3.05, 3.63) is 0 Å². The zero-order valence-corrected chi connectivity index (χ0v) is 6.13. The van der Waals surface area contributed by atoms with E-state index in [4.69, 9.17) is 6.42 Å². The predicted molar refractivity (Wildman–Crippen MR) is 39.8 cm³/mol. The molecule has 0 aromatic carbocycles. The summed E-state index contributed by atoms with van der Waals surface area (Å²) in [4.78, 5) is 10.8. The molecule has 1 rings (SSSR count). The molecule has 0 amide bonds. The fourth-order valence-electron chi connectivity index (χ4n) is 0.783. The summed E-state index contributed by atoms with van der Waals surface area (Å²) >= 11 is 0. The van der Waals surface area contributed by atoms with Crippen molar-refractivity contribution in [1.82, 2.24) is 5.43 Å². The topological polar surface area (TPSA) is 50.7 Å². The van der Waals surface area contributed by atoms with E-state index in [1.165, 1.54) is 7.11 Å². The Bertz CT molecular complexity index is 239. The van der Waals surface area contributed by atoms with Gasteiger partial charge in [-0.1, -0.05) is 5.92 Å². The number of hydrazone groups is 1. The third-order valence-electron chi connectivity index (χ3n) is 1.38. The summed E-state index contributed by atoms with van der Waals surface area (Å²) in [5, 5.41) is 3.71. The largest absolute Gasteiger partial charge is 0.464 e. The molecule has 11 heavy (non-hydrogen) atoms. The average Bonchev–Trinajstić information content (AvgIpc) is 2.50. The lowest BCUT2D eigenvalue weighted by Crippen LogP contribution is -2.18. The van der Waals surface area contributed by atoms with Crippen LogP contribution < -0.4 is 5.43 Å². The average molecular weight is 152 g/mol. The second-order valence-electron chi connectivity index (χ2n) is 2.10. The molecule has 0 spiro atoms. The second-order valence-corrected chi connectivity index (χ2v) is 2.10. The highest BCUT2D eigenvalue weighted by atomic mass is 16.5. The number of rotatable bonds is 1. The molecule has 1 unspecified atom stereocenters. The van der Waals surface area contributed by atoms with Crippen molar-refractivity contribution in [2.45, 2.75) is 12.5 Å². The third kappa shape index (κ3) is 1.49. The van der Waals surface area contributed by atoms with E-state index < -0.39 is 5.97 Å². The van der Waals surface area contributed by atoms with Crippen LogP contribution in [0.4, 0.5) is 0 Å². The van der Waals surface area contributed by atoms with Crippen LogP contribution >= 0.6 is 0 Å². The maximum atomic E-state index is 10.8. The molecule has 0 saturated heterocycles. The Morgan fingerprint density at radius 2 is 2.73 bits per heavy atom. The number of terminal acetylenes is 1. The van der Waals surface area contributed by atoms with Crippen LogP contribution in [0, 0.1) is 12.3 Å². The van der Waals surface area contributed by atoms with Gasteiger partial charge < -0.3 is 4.74 Å². The van der Waals surface area contributed by atoms with Crippen LogP contribution in [0.5, 0.6) is 0 Å². The minimum Gasteiger partial charge on any atom is -0.464 e. The van der Waals surface area contributed by atoms with Gasteiger partial charge in [-0.05, 0) is 0 Å². The summed E-state index contributed by atoms with van der Waals surface area (Å²) in [6.07, 6.45) is 5.55. The summed E-state index contributed by atoms with van der Waals surface area (Å²) in [6.45, 7) is 0. The Hall–Kier alpha value is -1.50. The first kappa shape index (κ1) is 7.61. The molecule has 1 N–H and O–H groups in total. The number of ether oxygens (including phenoxy) is 1. The van der Waals surface area contributed by atoms with Gasteiger partial charge in [-0.3, -0.25) is 5.43 Å². The summed E-state index contributed by atoms with van der Waals surface area (Å²) in [7, 11) is 1.31. The molecule has 1 atom stereocenters. The van der Waals surface area contributed by atoms with E-state index in [2.05, 4.69) is 21.2 Å². The highest BCUT2D eigenvalue weighted by Gasteiger charge is 2.22. The minimum atomic E-state index is -0.421. The Kier molecular flexibility index (Phi) is 2.12. The third-order valence-corrected chi connectivity index (χ3v) is 1.38. The molecular weight excluding hydrogens is 144 g/mol. The highest BCUT2D eigenvalue weighted by molar-refractivity contribution is 6.37. The van der Waals surface area contributed by atoms with E-state index >= 15 is 0 Å². The van der Waals surface area contributed by atoms with Gasteiger partial charge in [-0.2, -0.15) is 5.10 Å². The van der Waals surface area contributed by atoms with Crippen LogP contribution in [-0.4, -0.2) is 24.8 Å². The van der Waals surface area contributed by atoms with Gasteiger partial charge >= 0.3 is 5.97 Å². The predicted octanol–water partition coefficient (Wildman–Crippen LogP) is -0.489. The van der Waals surface area contributed by atoms with E-state index in [1.807, 2.05) is 0 Å². The van der Waals surface area contributed by atoms with Gasteiger partial charge in [0.25, 0.3) is 0 Å². The van der Waals surface area contributed by atoms with Crippen LogP contribution in [0.25, 0.3) is 0 Å². The van der Waals surface area contributed by atoms with Gasteiger partial charge in [-0.15, -0.1) is 6.42 Å². The molecule has 0 aromatic heterocycles. The maximum Gasteiger partial charge on any atom is 0.354 e. The molecule has 0 radical (unpaired) electrons. The minimum absolute atomic E-state index is 0.163. The van der Waals surface area contributed by atoms with Gasteiger partial charge in [0.1, 0.15) is 11.8 Å². The maximum absolute atomic E-state index is 10.8. The van der Waals surface area contributed by atoms with Gasteiger partial charge in [-0.25, -0.2) is 4.79 Å². The first-order chi connectivity index (χ1) is 5.27. The number of hydrogen-bond acceptors (Lipinski definition) is 4. The highest BCUT2D eigenvalue weighted by Crippen LogP contribution is 2.02. The summed E-state index contributed by atoms with van der Waals surface area (Å²) in [5.74, 6) is 2.02. The van der Waals surface area contributed by atoms with Crippen molar-refractivity contribution in [2.75, 3.05) is 7.11 Å². The quantitative estimate of drug-likeness (QED) is 0.407. The van der Waals surface area contributed by atoms with E-state index in [1.54, 1.807) is 0 Å². The van der Waals surface area contributed by atoms with Crippen LogP contribution in [0.3, 0.4) is 0 Å². The van der Waals surface area contributed by atoms with Gasteiger partial charge in [0, 0.05) is 6.42 Å². The Morgan fingerprint density at radius 1 is 2.00 bits per heavy atom. The van der Waals surface area contributed by atoms with Gasteiger partial charge in [0.15, 0.2) is 0 Å². The Labute approximate surface area is 64.6 Å². The molecule has 0 saturated carbocycles. The monoisotopic (exact) mass is 152 g/mol. The molecule has 0 aromatic rings. The zero-order chi connectivity index (χ0) is 8.27. The number of carbonyl (C=O) groups is 1. The smallest absolute Gasteiger partial charge is 0.354 e. The zero-order valence-electron chi connectivity index (χ0n) is 6.13. The molecule has 0 bridgehead atoms. The molecular formula is C7H8N2O2. The lowest BCUT2D eigenvalue weighted by Gasteiger charge is -1.96. The van der Waals surface area contributed by atoms with Crippen molar-refractivity contribution in [2.24, 2.45) is 5.10 Å². The Morgan fingerprint density at radius 3 is 3.18 bits per heavy atom. The van der Waals surface area contributed by atoms with E-state index in [0.717, 1.165) is 0 Å². The number of methoxy groups -OCH3 is 1. The molecule has 1 aliphatic rings.